The third kappa shape index (κ3) is 3.12. The Kier molecular flexibility index (Phi) is 3.14. The molecule has 15 heavy (non-hydrogen) atoms. The number of alkyl halides is 3. The molecule has 2 nitrogen and oxygen atoms in total. The average molecular weight is 215 g/mol. The lowest BCUT2D eigenvalue weighted by Crippen LogP contribution is -2.25. The maximum absolute atomic E-state index is 12.3. The summed E-state index contributed by atoms with van der Waals surface area (Å²) < 4.78 is 36.9. The average Bonchev–Trinajstić information content (AvgIpc) is 2.13. The van der Waals surface area contributed by atoms with Crippen LogP contribution in [0.3, 0.4) is 0 Å². The topological polar surface area (TPSA) is 43.1 Å². The number of carbonyl (C=O) groups is 1. The molecular weight excluding hydrogens is 207 g/mol. The molecule has 0 radical (unpaired) electrons. The molecule has 1 aromatic carbocycles. The molecule has 1 rings (SSSR count). The summed E-state index contributed by atoms with van der Waals surface area (Å²) in [6.45, 7) is 0. The summed E-state index contributed by atoms with van der Waals surface area (Å²) in [5.41, 5.74) is 3.57. The van der Waals surface area contributed by atoms with E-state index < -0.39 is 17.7 Å². The van der Waals surface area contributed by atoms with E-state index in [4.69, 9.17) is 0 Å². The number of hydrogen-bond acceptors (Lipinski definition) is 1. The van der Waals surface area contributed by atoms with Crippen LogP contribution >= 0.6 is 0 Å². The fourth-order valence-electron chi connectivity index (χ4n) is 1.01. The normalized spacial score (nSPS) is 12.6. The van der Waals surface area contributed by atoms with E-state index in [-0.39, 0.29) is 5.56 Å². The van der Waals surface area contributed by atoms with Gasteiger partial charge in [0.05, 0.1) is 0 Å². The lowest BCUT2D eigenvalue weighted by molar-refractivity contribution is -0.127. The van der Waals surface area contributed by atoms with Gasteiger partial charge in [-0.3, -0.25) is 4.79 Å². The minimum absolute atomic E-state index is 0.281. The molecule has 0 aliphatic heterocycles. The first-order valence-corrected chi connectivity index (χ1v) is 4.05. The minimum Gasteiger partial charge on any atom is -0.366 e. The minimum atomic E-state index is -4.72. The van der Waals surface area contributed by atoms with Crippen molar-refractivity contribution in [2.24, 2.45) is 5.73 Å². The number of carbonyl (C=O) groups excluding carboxylic acids is 1. The lowest BCUT2D eigenvalue weighted by atomic mass is 10.1. The van der Waals surface area contributed by atoms with Gasteiger partial charge < -0.3 is 5.73 Å². The van der Waals surface area contributed by atoms with E-state index in [0.29, 0.717) is 0 Å². The quantitative estimate of drug-likeness (QED) is 0.754. The molecule has 2 N–H and O–H groups in total. The Morgan fingerprint density at radius 2 is 1.73 bits per heavy atom. The van der Waals surface area contributed by atoms with E-state index in [1.54, 1.807) is 18.2 Å². The molecule has 0 spiro atoms. The van der Waals surface area contributed by atoms with Gasteiger partial charge in [-0.05, 0) is 11.6 Å². The highest BCUT2D eigenvalue weighted by Gasteiger charge is 2.37. The van der Waals surface area contributed by atoms with Crippen molar-refractivity contribution in [3.63, 3.8) is 0 Å². The zero-order valence-corrected chi connectivity index (χ0v) is 7.58. The number of primary amides is 1. The molecule has 1 aromatic rings. The van der Waals surface area contributed by atoms with Gasteiger partial charge in [0.25, 0.3) is 5.91 Å². The van der Waals surface area contributed by atoms with Crippen molar-refractivity contribution in [1.29, 1.82) is 0 Å². The van der Waals surface area contributed by atoms with Crippen molar-refractivity contribution in [2.75, 3.05) is 0 Å². The van der Waals surface area contributed by atoms with Gasteiger partial charge in [0.15, 0.2) is 0 Å². The molecule has 0 aliphatic carbocycles. The van der Waals surface area contributed by atoms with Crippen LogP contribution in [0, 0.1) is 0 Å². The second-order valence-corrected chi connectivity index (χ2v) is 2.83. The summed E-state index contributed by atoms with van der Waals surface area (Å²) in [5.74, 6) is -1.48. The summed E-state index contributed by atoms with van der Waals surface area (Å²) in [5, 5.41) is 0. The van der Waals surface area contributed by atoms with Crippen LogP contribution in [0.2, 0.25) is 0 Å². The van der Waals surface area contributed by atoms with Crippen molar-refractivity contribution < 1.29 is 18.0 Å². The molecule has 0 unspecified atom stereocenters. The van der Waals surface area contributed by atoms with Gasteiger partial charge in [0, 0.05) is 0 Å². The van der Waals surface area contributed by atoms with Gasteiger partial charge >= 0.3 is 6.18 Å². The number of nitrogens with two attached hydrogens (primary N) is 1. The predicted molar refractivity (Wildman–Crippen MR) is 49.7 cm³/mol. The first-order chi connectivity index (χ1) is 6.91. The van der Waals surface area contributed by atoms with Gasteiger partial charge in [0.2, 0.25) is 0 Å². The summed E-state index contributed by atoms with van der Waals surface area (Å²) in [6, 6.07) is 7.71. The SMILES string of the molecule is NC(=O)/C(=C\c1ccccc1)C(F)(F)F. The molecule has 0 aliphatic rings. The van der Waals surface area contributed by atoms with Crippen molar-refractivity contribution in [3.05, 3.63) is 41.5 Å². The van der Waals surface area contributed by atoms with Crippen molar-refractivity contribution in [2.45, 2.75) is 6.18 Å². The molecule has 0 atom stereocenters. The summed E-state index contributed by atoms with van der Waals surface area (Å²) in [6.07, 6.45) is -4.00. The molecule has 0 heterocycles. The predicted octanol–water partition coefficient (Wildman–Crippen LogP) is 2.12. The highest BCUT2D eigenvalue weighted by atomic mass is 19.4. The van der Waals surface area contributed by atoms with Gasteiger partial charge in [0.1, 0.15) is 5.57 Å². The summed E-state index contributed by atoms with van der Waals surface area (Å²) in [7, 11) is 0. The Bertz CT molecular complexity index is 381. The fourth-order valence-corrected chi connectivity index (χ4v) is 1.01. The van der Waals surface area contributed by atoms with E-state index >= 15 is 0 Å². The molecule has 5 heteroatoms. The Hall–Kier alpha value is -1.78. The fraction of sp³-hybridized carbons (Fsp3) is 0.100. The maximum Gasteiger partial charge on any atom is 0.421 e. The Balaban J connectivity index is 3.12. The van der Waals surface area contributed by atoms with Crippen LogP contribution in [0.1, 0.15) is 5.56 Å². The largest absolute Gasteiger partial charge is 0.421 e. The molecular formula is C10H8F3NO. The second kappa shape index (κ2) is 4.16. The Morgan fingerprint density at radius 3 is 2.13 bits per heavy atom. The van der Waals surface area contributed by atoms with Gasteiger partial charge in [-0.1, -0.05) is 30.3 Å². The van der Waals surface area contributed by atoms with Gasteiger partial charge in [-0.2, -0.15) is 13.2 Å². The van der Waals surface area contributed by atoms with Crippen molar-refractivity contribution in [3.8, 4) is 0 Å². The molecule has 80 valence electrons. The first-order valence-electron chi connectivity index (χ1n) is 4.05. The third-order valence-corrected chi connectivity index (χ3v) is 1.68. The standard InChI is InChI=1S/C10H8F3NO/c11-10(12,13)8(9(14)15)6-7-4-2-1-3-5-7/h1-6H,(H2,14,15)/b8-6+. The zero-order chi connectivity index (χ0) is 11.5. The van der Waals surface area contributed by atoms with Crippen molar-refractivity contribution >= 4 is 12.0 Å². The van der Waals surface area contributed by atoms with E-state index in [2.05, 4.69) is 5.73 Å². The summed E-state index contributed by atoms with van der Waals surface area (Å²) >= 11 is 0. The third-order valence-electron chi connectivity index (χ3n) is 1.68. The van der Waals surface area contributed by atoms with Crippen molar-refractivity contribution in [1.82, 2.24) is 0 Å². The Labute approximate surface area is 84.2 Å². The van der Waals surface area contributed by atoms with E-state index in [0.717, 1.165) is 6.08 Å². The number of hydrogen-bond donors (Lipinski definition) is 1. The zero-order valence-electron chi connectivity index (χ0n) is 7.58. The number of rotatable bonds is 2. The maximum atomic E-state index is 12.3. The van der Waals surface area contributed by atoms with E-state index in [1.165, 1.54) is 12.1 Å². The van der Waals surface area contributed by atoms with Crippen LogP contribution in [-0.2, 0) is 4.79 Å². The number of halogens is 3. The second-order valence-electron chi connectivity index (χ2n) is 2.83. The monoisotopic (exact) mass is 215 g/mol. The van der Waals surface area contributed by atoms with E-state index in [1.807, 2.05) is 0 Å². The highest BCUT2D eigenvalue weighted by molar-refractivity contribution is 5.97. The smallest absolute Gasteiger partial charge is 0.366 e. The van der Waals surface area contributed by atoms with Crippen LogP contribution in [0.4, 0.5) is 13.2 Å². The van der Waals surface area contributed by atoms with Crippen LogP contribution in [0.5, 0.6) is 0 Å². The van der Waals surface area contributed by atoms with Crippen LogP contribution in [0.15, 0.2) is 35.9 Å². The van der Waals surface area contributed by atoms with Crippen LogP contribution in [-0.4, -0.2) is 12.1 Å². The molecule has 0 bridgehead atoms. The molecule has 0 saturated heterocycles. The summed E-state index contributed by atoms with van der Waals surface area (Å²) in [4.78, 5) is 10.6. The highest BCUT2D eigenvalue weighted by Crippen LogP contribution is 2.26. The Morgan fingerprint density at radius 1 is 1.20 bits per heavy atom. The van der Waals surface area contributed by atoms with Gasteiger partial charge in [-0.25, -0.2) is 0 Å². The number of benzene rings is 1. The van der Waals surface area contributed by atoms with Crippen LogP contribution in [0.25, 0.3) is 6.08 Å². The number of amides is 1. The molecule has 0 fully saturated rings. The molecule has 1 amide bonds. The molecule has 0 aromatic heterocycles. The van der Waals surface area contributed by atoms with E-state index in [9.17, 15) is 18.0 Å². The van der Waals surface area contributed by atoms with Crippen LogP contribution < -0.4 is 5.73 Å². The molecule has 0 saturated carbocycles. The lowest BCUT2D eigenvalue weighted by Gasteiger charge is -2.07. The first kappa shape index (κ1) is 11.3. The van der Waals surface area contributed by atoms with Gasteiger partial charge in [-0.15, -0.1) is 0 Å².